The van der Waals surface area contributed by atoms with Crippen LogP contribution < -0.4 is 0 Å². The fourth-order valence-electron chi connectivity index (χ4n) is 3.20. The van der Waals surface area contributed by atoms with Crippen molar-refractivity contribution in [2.45, 2.75) is 45.1 Å². The molecule has 0 amide bonds. The van der Waals surface area contributed by atoms with Gasteiger partial charge in [0.15, 0.2) is 11.6 Å². The van der Waals surface area contributed by atoms with E-state index in [9.17, 15) is 13.9 Å². The molecule has 1 saturated carbocycles. The van der Waals surface area contributed by atoms with Gasteiger partial charge in [-0.15, -0.1) is 0 Å². The summed E-state index contributed by atoms with van der Waals surface area (Å²) in [5, 5.41) is 9.93. The minimum atomic E-state index is -0.801. The zero-order chi connectivity index (χ0) is 12.6. The molecular formula is C14H18F2O. The number of halogens is 2. The van der Waals surface area contributed by atoms with Crippen LogP contribution in [0.1, 0.15) is 44.6 Å². The van der Waals surface area contributed by atoms with Crippen LogP contribution in [0.5, 0.6) is 0 Å². The van der Waals surface area contributed by atoms with Gasteiger partial charge in [0.2, 0.25) is 0 Å². The van der Waals surface area contributed by atoms with Crippen LogP contribution in [0.15, 0.2) is 18.2 Å². The van der Waals surface area contributed by atoms with E-state index in [1.807, 2.05) is 13.8 Å². The second-order valence-electron chi connectivity index (χ2n) is 4.89. The van der Waals surface area contributed by atoms with Gasteiger partial charge < -0.3 is 5.11 Å². The van der Waals surface area contributed by atoms with Crippen LogP contribution in [0.2, 0.25) is 0 Å². The minimum Gasteiger partial charge on any atom is -0.393 e. The average molecular weight is 240 g/mol. The lowest BCUT2D eigenvalue weighted by Gasteiger charge is -2.53. The Bertz CT molecular complexity index is 413. The summed E-state index contributed by atoms with van der Waals surface area (Å²) < 4.78 is 27.0. The largest absolute Gasteiger partial charge is 0.393 e. The van der Waals surface area contributed by atoms with Gasteiger partial charge in [0.25, 0.3) is 0 Å². The molecule has 1 N–H and O–H groups in total. The molecule has 2 rings (SSSR count). The average Bonchev–Trinajstić information content (AvgIpc) is 2.32. The Hall–Kier alpha value is -0.960. The predicted molar refractivity (Wildman–Crippen MR) is 62.7 cm³/mol. The molecule has 1 nitrogen and oxygen atoms in total. The number of aliphatic hydroxyl groups is 1. The van der Waals surface area contributed by atoms with Gasteiger partial charge in [-0.3, -0.25) is 0 Å². The van der Waals surface area contributed by atoms with Crippen LogP contribution in [0.25, 0.3) is 0 Å². The van der Waals surface area contributed by atoms with Crippen LogP contribution in [-0.2, 0) is 0 Å². The smallest absolute Gasteiger partial charge is 0.162 e. The molecule has 0 bridgehead atoms. The van der Waals surface area contributed by atoms with Gasteiger partial charge in [0.05, 0.1) is 6.10 Å². The fraction of sp³-hybridized carbons (Fsp3) is 0.571. The summed E-state index contributed by atoms with van der Waals surface area (Å²) in [4.78, 5) is 0. The number of benzene rings is 1. The van der Waals surface area contributed by atoms with Crippen LogP contribution in [0.3, 0.4) is 0 Å². The van der Waals surface area contributed by atoms with Crippen LogP contribution in [0.4, 0.5) is 8.78 Å². The standard InChI is InChI=1S/C14H18F2O/c1-3-14(4-2)10(8-12(14)17)9-6-5-7-11(15)13(9)16/h5-7,10,12,17H,3-4,8H2,1-2H3. The SMILES string of the molecule is CCC1(CC)C(O)CC1c1cccc(F)c1F. The second kappa shape index (κ2) is 4.37. The number of hydrogen-bond donors (Lipinski definition) is 1. The molecule has 3 heteroatoms. The van der Waals surface area contributed by atoms with E-state index in [0.29, 0.717) is 12.0 Å². The lowest BCUT2D eigenvalue weighted by Crippen LogP contribution is -2.51. The first-order valence-corrected chi connectivity index (χ1v) is 6.18. The van der Waals surface area contributed by atoms with E-state index >= 15 is 0 Å². The van der Waals surface area contributed by atoms with E-state index in [4.69, 9.17) is 0 Å². The highest BCUT2D eigenvalue weighted by atomic mass is 19.2. The van der Waals surface area contributed by atoms with Crippen molar-refractivity contribution in [2.24, 2.45) is 5.41 Å². The quantitative estimate of drug-likeness (QED) is 0.855. The molecule has 1 fully saturated rings. The van der Waals surface area contributed by atoms with Crippen LogP contribution in [0, 0.1) is 17.0 Å². The maximum Gasteiger partial charge on any atom is 0.162 e. The Kier molecular flexibility index (Phi) is 3.21. The Balaban J connectivity index is 2.39. The van der Waals surface area contributed by atoms with Gasteiger partial charge in [-0.05, 0) is 36.8 Å². The van der Waals surface area contributed by atoms with Crippen molar-refractivity contribution in [3.05, 3.63) is 35.4 Å². The molecule has 94 valence electrons. The van der Waals surface area contributed by atoms with Gasteiger partial charge in [0, 0.05) is 5.41 Å². The van der Waals surface area contributed by atoms with E-state index in [1.165, 1.54) is 6.07 Å². The summed E-state index contributed by atoms with van der Waals surface area (Å²) in [7, 11) is 0. The maximum atomic E-state index is 13.8. The molecule has 0 heterocycles. The molecule has 0 radical (unpaired) electrons. The van der Waals surface area contributed by atoms with Crippen molar-refractivity contribution in [1.29, 1.82) is 0 Å². The highest BCUT2D eigenvalue weighted by Gasteiger charge is 2.53. The zero-order valence-corrected chi connectivity index (χ0v) is 10.2. The summed E-state index contributed by atoms with van der Waals surface area (Å²) >= 11 is 0. The Labute approximate surface area is 100 Å². The first-order valence-electron chi connectivity index (χ1n) is 6.18. The van der Waals surface area contributed by atoms with Crippen LogP contribution >= 0.6 is 0 Å². The summed E-state index contributed by atoms with van der Waals surface area (Å²) in [6.45, 7) is 3.99. The molecule has 0 saturated heterocycles. The van der Waals surface area contributed by atoms with Gasteiger partial charge in [0.1, 0.15) is 0 Å². The molecule has 1 aromatic carbocycles. The number of aliphatic hydroxyl groups excluding tert-OH is 1. The van der Waals surface area contributed by atoms with Gasteiger partial charge >= 0.3 is 0 Å². The molecule has 0 aromatic heterocycles. The molecule has 17 heavy (non-hydrogen) atoms. The van der Waals surface area contributed by atoms with E-state index in [0.717, 1.165) is 18.9 Å². The van der Waals surface area contributed by atoms with Crippen molar-refractivity contribution in [3.63, 3.8) is 0 Å². The molecule has 0 aliphatic heterocycles. The third-order valence-corrected chi connectivity index (χ3v) is 4.49. The summed E-state index contributed by atoms with van der Waals surface area (Å²) in [5.74, 6) is -1.62. The summed E-state index contributed by atoms with van der Waals surface area (Å²) in [5.41, 5.74) is 0.133. The van der Waals surface area contributed by atoms with Crippen molar-refractivity contribution < 1.29 is 13.9 Å². The Morgan fingerprint density at radius 2 is 1.94 bits per heavy atom. The first kappa shape index (κ1) is 12.5. The second-order valence-corrected chi connectivity index (χ2v) is 4.89. The summed E-state index contributed by atoms with van der Waals surface area (Å²) in [6, 6.07) is 4.30. The highest BCUT2D eigenvalue weighted by Crippen LogP contribution is 2.57. The molecule has 2 atom stereocenters. The molecule has 2 unspecified atom stereocenters. The number of hydrogen-bond acceptors (Lipinski definition) is 1. The maximum absolute atomic E-state index is 13.8. The summed E-state index contributed by atoms with van der Waals surface area (Å²) in [6.07, 6.45) is 1.70. The molecule has 0 spiro atoms. The first-order chi connectivity index (χ1) is 8.06. The third kappa shape index (κ3) is 1.68. The zero-order valence-electron chi connectivity index (χ0n) is 10.2. The van der Waals surface area contributed by atoms with E-state index in [-0.39, 0.29) is 11.3 Å². The monoisotopic (exact) mass is 240 g/mol. The molecule has 1 aromatic rings. The normalized spacial score (nSPS) is 26.6. The fourth-order valence-corrected chi connectivity index (χ4v) is 3.20. The van der Waals surface area contributed by atoms with E-state index in [2.05, 4.69) is 0 Å². The Morgan fingerprint density at radius 3 is 2.47 bits per heavy atom. The van der Waals surface area contributed by atoms with Crippen molar-refractivity contribution in [1.82, 2.24) is 0 Å². The molecular weight excluding hydrogens is 222 g/mol. The van der Waals surface area contributed by atoms with Gasteiger partial charge in [-0.25, -0.2) is 8.78 Å². The van der Waals surface area contributed by atoms with Gasteiger partial charge in [-0.1, -0.05) is 26.0 Å². The third-order valence-electron chi connectivity index (χ3n) is 4.49. The van der Waals surface area contributed by atoms with Crippen LogP contribution in [-0.4, -0.2) is 11.2 Å². The highest BCUT2D eigenvalue weighted by molar-refractivity contribution is 5.29. The van der Waals surface area contributed by atoms with E-state index in [1.54, 1.807) is 6.07 Å². The lowest BCUT2D eigenvalue weighted by molar-refractivity contribution is -0.0942. The van der Waals surface area contributed by atoms with E-state index < -0.39 is 17.7 Å². The van der Waals surface area contributed by atoms with Crippen molar-refractivity contribution in [2.75, 3.05) is 0 Å². The van der Waals surface area contributed by atoms with Crippen molar-refractivity contribution in [3.8, 4) is 0 Å². The minimum absolute atomic E-state index is 0.0665. The van der Waals surface area contributed by atoms with Gasteiger partial charge in [-0.2, -0.15) is 0 Å². The molecule has 1 aliphatic rings. The lowest BCUT2D eigenvalue weighted by atomic mass is 9.53. The predicted octanol–water partition coefficient (Wildman–Crippen LogP) is 3.62. The van der Waals surface area contributed by atoms with Crippen molar-refractivity contribution >= 4 is 0 Å². The Morgan fingerprint density at radius 1 is 1.29 bits per heavy atom. The number of rotatable bonds is 3. The molecule has 1 aliphatic carbocycles. The topological polar surface area (TPSA) is 20.2 Å².